The van der Waals surface area contributed by atoms with E-state index in [1.165, 1.54) is 11.9 Å². The van der Waals surface area contributed by atoms with Crippen LogP contribution >= 0.6 is 0 Å². The number of aromatic nitrogens is 3. The number of carbonyl (C=O) groups is 2. The van der Waals surface area contributed by atoms with E-state index >= 15 is 0 Å². The summed E-state index contributed by atoms with van der Waals surface area (Å²) in [6.45, 7) is 0.543. The topological polar surface area (TPSA) is 99.8 Å². The van der Waals surface area contributed by atoms with E-state index in [2.05, 4.69) is 25.6 Å². The molecule has 0 unspecified atom stereocenters. The zero-order valence-electron chi connectivity index (χ0n) is 18.9. The largest absolute Gasteiger partial charge is 0.352 e. The number of H-pyrrole nitrogens is 1. The van der Waals surface area contributed by atoms with Gasteiger partial charge in [-0.25, -0.2) is 9.97 Å². The van der Waals surface area contributed by atoms with Crippen LogP contribution in [-0.4, -0.2) is 33.2 Å². The summed E-state index contributed by atoms with van der Waals surface area (Å²) in [6.07, 6.45) is 3.84. The fraction of sp³-hybridized carbons (Fsp3) is 0.0714. The van der Waals surface area contributed by atoms with Gasteiger partial charge in [-0.1, -0.05) is 66.7 Å². The number of anilines is 2. The molecule has 0 fully saturated rings. The molecule has 7 nitrogen and oxygen atoms in total. The Morgan fingerprint density at radius 1 is 0.829 bits per heavy atom. The predicted molar refractivity (Wildman–Crippen MR) is 136 cm³/mol. The average Bonchev–Trinajstić information content (AvgIpc) is 3.35. The van der Waals surface area contributed by atoms with E-state index in [0.29, 0.717) is 45.8 Å². The summed E-state index contributed by atoms with van der Waals surface area (Å²) in [6, 6.07) is 26.3. The Hall–Kier alpha value is -4.78. The molecule has 0 radical (unpaired) electrons. The zero-order chi connectivity index (χ0) is 24.0. The lowest BCUT2D eigenvalue weighted by Crippen LogP contribution is -2.25. The molecule has 0 spiro atoms. The molecular weight excluding hydrogens is 438 g/mol. The summed E-state index contributed by atoms with van der Waals surface area (Å²) in [5, 5.41) is 6.81. The quantitative estimate of drug-likeness (QED) is 0.285. The number of nitrogens with one attached hydrogen (secondary N) is 3. The van der Waals surface area contributed by atoms with E-state index in [4.69, 9.17) is 0 Å². The Labute approximate surface area is 202 Å². The fourth-order valence-corrected chi connectivity index (χ4v) is 3.92. The van der Waals surface area contributed by atoms with Crippen LogP contribution in [-0.2, 0) is 6.42 Å². The summed E-state index contributed by atoms with van der Waals surface area (Å²) >= 11 is 0. The van der Waals surface area contributed by atoms with E-state index in [9.17, 15) is 9.59 Å². The highest BCUT2D eigenvalue weighted by Gasteiger charge is 2.18. The van der Waals surface area contributed by atoms with Crippen LogP contribution in [0.2, 0.25) is 0 Å². The van der Waals surface area contributed by atoms with Gasteiger partial charge in [0.25, 0.3) is 5.91 Å². The molecule has 35 heavy (non-hydrogen) atoms. The lowest BCUT2D eigenvalue weighted by Gasteiger charge is -2.10. The van der Waals surface area contributed by atoms with E-state index in [0.717, 1.165) is 6.42 Å². The number of nitrogens with zero attached hydrogens (tertiary/aromatic N) is 2. The maximum atomic E-state index is 13.1. The van der Waals surface area contributed by atoms with Crippen LogP contribution in [0, 0.1) is 0 Å². The van der Waals surface area contributed by atoms with Gasteiger partial charge < -0.3 is 15.6 Å². The van der Waals surface area contributed by atoms with Crippen LogP contribution in [0.5, 0.6) is 0 Å². The molecule has 0 aliphatic carbocycles. The van der Waals surface area contributed by atoms with Gasteiger partial charge in [-0.2, -0.15) is 0 Å². The second kappa shape index (κ2) is 10.0. The smallest absolute Gasteiger partial charge is 0.251 e. The SMILES string of the molecule is O=C(NCCc1ccccc1)c1cccc(Nc2ncnc3[nH]cc(C(=O)c4ccccc4)c23)c1. The first-order valence-electron chi connectivity index (χ1n) is 11.3. The molecule has 0 saturated carbocycles. The van der Waals surface area contributed by atoms with Gasteiger partial charge in [0.15, 0.2) is 5.78 Å². The standard InChI is InChI=1S/C28H23N5O2/c34-25(20-10-5-2-6-11-20)23-17-30-26-24(23)27(32-18-31-26)33-22-13-7-12-21(16-22)28(35)29-15-14-19-8-3-1-4-9-19/h1-13,16-18H,14-15H2,(H,29,35)(H2,30,31,32,33). The molecule has 3 aromatic carbocycles. The fourth-order valence-electron chi connectivity index (χ4n) is 3.92. The molecule has 2 aromatic heterocycles. The second-order valence-electron chi connectivity index (χ2n) is 8.04. The number of hydrogen-bond donors (Lipinski definition) is 3. The number of ketones is 1. The number of amides is 1. The molecule has 5 rings (SSSR count). The molecule has 3 N–H and O–H groups in total. The van der Waals surface area contributed by atoms with Crippen LogP contribution < -0.4 is 10.6 Å². The van der Waals surface area contributed by atoms with Crippen LogP contribution in [0.1, 0.15) is 31.8 Å². The molecule has 0 aliphatic heterocycles. The Bertz CT molecular complexity index is 1480. The van der Waals surface area contributed by atoms with Gasteiger partial charge in [0.2, 0.25) is 0 Å². The van der Waals surface area contributed by atoms with Crippen molar-refractivity contribution in [2.24, 2.45) is 0 Å². The molecule has 0 bridgehead atoms. The first-order valence-corrected chi connectivity index (χ1v) is 11.3. The number of rotatable bonds is 8. The van der Waals surface area contributed by atoms with Gasteiger partial charge in [0.1, 0.15) is 17.8 Å². The van der Waals surface area contributed by atoms with E-state index in [1.54, 1.807) is 36.5 Å². The lowest BCUT2D eigenvalue weighted by molar-refractivity contribution is 0.0953. The van der Waals surface area contributed by atoms with Crippen molar-refractivity contribution in [3.8, 4) is 0 Å². The van der Waals surface area contributed by atoms with Crippen molar-refractivity contribution in [3.05, 3.63) is 120 Å². The number of aromatic amines is 1. The van der Waals surface area contributed by atoms with E-state index < -0.39 is 0 Å². The normalized spacial score (nSPS) is 10.7. The highest BCUT2D eigenvalue weighted by atomic mass is 16.1. The predicted octanol–water partition coefficient (Wildman–Crippen LogP) is 4.91. The van der Waals surface area contributed by atoms with Crippen molar-refractivity contribution in [1.82, 2.24) is 20.3 Å². The third-order valence-corrected chi connectivity index (χ3v) is 5.68. The first kappa shape index (κ1) is 22.0. The van der Waals surface area contributed by atoms with E-state index in [1.807, 2.05) is 54.6 Å². The highest BCUT2D eigenvalue weighted by Crippen LogP contribution is 2.28. The van der Waals surface area contributed by atoms with Gasteiger partial charge in [0.05, 0.1) is 10.9 Å². The van der Waals surface area contributed by atoms with Crippen LogP contribution in [0.3, 0.4) is 0 Å². The molecule has 0 saturated heterocycles. The Balaban J connectivity index is 1.35. The van der Waals surface area contributed by atoms with Gasteiger partial charge in [-0.3, -0.25) is 9.59 Å². The Morgan fingerprint density at radius 3 is 2.37 bits per heavy atom. The summed E-state index contributed by atoms with van der Waals surface area (Å²) < 4.78 is 0. The third-order valence-electron chi connectivity index (χ3n) is 5.68. The second-order valence-corrected chi connectivity index (χ2v) is 8.04. The number of benzene rings is 3. The summed E-state index contributed by atoms with van der Waals surface area (Å²) in [5.41, 5.74) is 3.99. The van der Waals surface area contributed by atoms with Crippen LogP contribution in [0.25, 0.3) is 11.0 Å². The molecule has 1 amide bonds. The maximum absolute atomic E-state index is 13.1. The Morgan fingerprint density at radius 2 is 1.57 bits per heavy atom. The molecule has 0 aliphatic rings. The summed E-state index contributed by atoms with van der Waals surface area (Å²) in [5.74, 6) is 0.206. The van der Waals surface area contributed by atoms with Gasteiger partial charge in [-0.05, 0) is 30.2 Å². The minimum absolute atomic E-state index is 0.124. The van der Waals surface area contributed by atoms with Crippen molar-refractivity contribution < 1.29 is 9.59 Å². The number of hydrogen-bond acceptors (Lipinski definition) is 5. The Kier molecular flexibility index (Phi) is 6.30. The highest BCUT2D eigenvalue weighted by molar-refractivity contribution is 6.18. The zero-order valence-corrected chi connectivity index (χ0v) is 18.9. The number of carbonyl (C=O) groups excluding carboxylic acids is 2. The van der Waals surface area contributed by atoms with Gasteiger partial charge in [0, 0.05) is 29.6 Å². The van der Waals surface area contributed by atoms with Crippen molar-refractivity contribution in [1.29, 1.82) is 0 Å². The van der Waals surface area contributed by atoms with E-state index in [-0.39, 0.29) is 11.7 Å². The van der Waals surface area contributed by atoms with Gasteiger partial charge >= 0.3 is 0 Å². The minimum Gasteiger partial charge on any atom is -0.352 e. The summed E-state index contributed by atoms with van der Waals surface area (Å²) in [7, 11) is 0. The maximum Gasteiger partial charge on any atom is 0.251 e. The molecule has 0 atom stereocenters. The average molecular weight is 462 g/mol. The van der Waals surface area contributed by atoms with Crippen LogP contribution in [0.15, 0.2) is 97.5 Å². The minimum atomic E-state index is -0.154. The third kappa shape index (κ3) is 4.94. The molecular formula is C28H23N5O2. The molecule has 7 heteroatoms. The summed E-state index contributed by atoms with van der Waals surface area (Å²) in [4.78, 5) is 37.5. The van der Waals surface area contributed by atoms with Crippen molar-refractivity contribution in [2.45, 2.75) is 6.42 Å². The van der Waals surface area contributed by atoms with Crippen molar-refractivity contribution in [3.63, 3.8) is 0 Å². The van der Waals surface area contributed by atoms with Crippen molar-refractivity contribution in [2.75, 3.05) is 11.9 Å². The lowest BCUT2D eigenvalue weighted by atomic mass is 10.0. The first-order chi connectivity index (χ1) is 17.2. The number of fused-ring (bicyclic) bond motifs is 1. The van der Waals surface area contributed by atoms with Crippen LogP contribution in [0.4, 0.5) is 11.5 Å². The van der Waals surface area contributed by atoms with Crippen molar-refractivity contribution >= 4 is 34.2 Å². The molecule has 5 aromatic rings. The molecule has 172 valence electrons. The van der Waals surface area contributed by atoms with Gasteiger partial charge in [-0.15, -0.1) is 0 Å². The molecule has 2 heterocycles. The monoisotopic (exact) mass is 461 g/mol.